The van der Waals surface area contributed by atoms with Gasteiger partial charge in [-0.3, -0.25) is 4.79 Å². The third-order valence-corrected chi connectivity index (χ3v) is 4.17. The van der Waals surface area contributed by atoms with E-state index in [1.165, 1.54) is 24.0 Å². The average molecular weight is 252 g/mol. The van der Waals surface area contributed by atoms with Crippen LogP contribution in [0.25, 0.3) is 0 Å². The van der Waals surface area contributed by atoms with Crippen LogP contribution in [0, 0.1) is 0 Å². The molecular formula is C13H16O3S. The zero-order chi connectivity index (χ0) is 12.3. The van der Waals surface area contributed by atoms with Gasteiger partial charge in [-0.2, -0.15) is 0 Å². The first kappa shape index (κ1) is 12.5. The molecule has 0 saturated carbocycles. The standard InChI is InChI=1S/C13H16O3S/c1-16-8-11(13(14)15)9-4-5-12-10(7-9)3-2-6-17-12/h4-5,7,11H,2-3,6,8H2,1H3,(H,14,15). The van der Waals surface area contributed by atoms with Crippen LogP contribution in [-0.4, -0.2) is 30.5 Å². The molecule has 0 radical (unpaired) electrons. The van der Waals surface area contributed by atoms with Gasteiger partial charge in [-0.15, -0.1) is 11.8 Å². The van der Waals surface area contributed by atoms with Crippen LogP contribution in [0.4, 0.5) is 0 Å². The molecular weight excluding hydrogens is 236 g/mol. The molecule has 1 aromatic rings. The van der Waals surface area contributed by atoms with Crippen molar-refractivity contribution in [2.24, 2.45) is 0 Å². The van der Waals surface area contributed by atoms with Crippen molar-refractivity contribution in [1.82, 2.24) is 0 Å². The average Bonchev–Trinajstić information content (AvgIpc) is 2.35. The SMILES string of the molecule is COCC(C(=O)O)c1ccc2c(c1)CCCS2. The van der Waals surface area contributed by atoms with Crippen molar-refractivity contribution in [3.63, 3.8) is 0 Å². The summed E-state index contributed by atoms with van der Waals surface area (Å²) in [4.78, 5) is 12.5. The normalized spacial score (nSPS) is 16.3. The van der Waals surface area contributed by atoms with Gasteiger partial charge in [0, 0.05) is 12.0 Å². The summed E-state index contributed by atoms with van der Waals surface area (Å²) < 4.78 is 4.98. The van der Waals surface area contributed by atoms with Gasteiger partial charge in [-0.25, -0.2) is 0 Å². The molecule has 0 spiro atoms. The second kappa shape index (κ2) is 5.56. The summed E-state index contributed by atoms with van der Waals surface area (Å²) in [7, 11) is 1.53. The molecule has 4 heteroatoms. The van der Waals surface area contributed by atoms with Gasteiger partial charge < -0.3 is 9.84 Å². The molecule has 1 atom stereocenters. The lowest BCUT2D eigenvalue weighted by atomic mass is 9.96. The van der Waals surface area contributed by atoms with Gasteiger partial charge in [-0.1, -0.05) is 12.1 Å². The predicted octanol–water partition coefficient (Wildman–Crippen LogP) is 2.54. The lowest BCUT2D eigenvalue weighted by Gasteiger charge is -2.18. The molecule has 0 saturated heterocycles. The quantitative estimate of drug-likeness (QED) is 0.894. The van der Waals surface area contributed by atoms with Crippen molar-refractivity contribution in [2.45, 2.75) is 23.7 Å². The number of carbonyl (C=O) groups is 1. The Morgan fingerprint density at radius 1 is 1.59 bits per heavy atom. The molecule has 0 aromatic heterocycles. The highest BCUT2D eigenvalue weighted by molar-refractivity contribution is 7.99. The van der Waals surface area contributed by atoms with Gasteiger partial charge in [0.1, 0.15) is 5.92 Å². The molecule has 17 heavy (non-hydrogen) atoms. The molecule has 2 rings (SSSR count). The van der Waals surface area contributed by atoms with E-state index in [2.05, 4.69) is 0 Å². The first-order valence-corrected chi connectivity index (χ1v) is 6.68. The third kappa shape index (κ3) is 2.82. The Bertz CT molecular complexity index is 417. The van der Waals surface area contributed by atoms with E-state index < -0.39 is 11.9 Å². The Morgan fingerprint density at radius 3 is 3.12 bits per heavy atom. The van der Waals surface area contributed by atoms with Crippen molar-refractivity contribution in [2.75, 3.05) is 19.5 Å². The summed E-state index contributed by atoms with van der Waals surface area (Å²) in [6.07, 6.45) is 2.22. The van der Waals surface area contributed by atoms with Crippen LogP contribution in [0.1, 0.15) is 23.5 Å². The van der Waals surface area contributed by atoms with E-state index in [9.17, 15) is 9.90 Å². The number of ether oxygens (including phenoxy) is 1. The minimum atomic E-state index is -0.824. The number of carboxylic acid groups (broad SMARTS) is 1. The number of benzene rings is 1. The lowest BCUT2D eigenvalue weighted by Crippen LogP contribution is -2.17. The van der Waals surface area contributed by atoms with E-state index >= 15 is 0 Å². The Balaban J connectivity index is 2.28. The molecule has 0 aliphatic carbocycles. The van der Waals surface area contributed by atoms with Gasteiger partial charge >= 0.3 is 5.97 Å². The molecule has 0 amide bonds. The molecule has 1 aliphatic rings. The smallest absolute Gasteiger partial charge is 0.313 e. The van der Waals surface area contributed by atoms with E-state index in [0.29, 0.717) is 0 Å². The molecule has 92 valence electrons. The summed E-state index contributed by atoms with van der Waals surface area (Å²) in [5.74, 6) is -0.222. The van der Waals surface area contributed by atoms with Crippen LogP contribution in [0.3, 0.4) is 0 Å². The fourth-order valence-corrected chi connectivity index (χ4v) is 3.09. The number of methoxy groups -OCH3 is 1. The minimum absolute atomic E-state index is 0.223. The van der Waals surface area contributed by atoms with Crippen molar-refractivity contribution in [3.05, 3.63) is 29.3 Å². The summed E-state index contributed by atoms with van der Waals surface area (Å²) >= 11 is 1.85. The summed E-state index contributed by atoms with van der Waals surface area (Å²) in [5, 5.41) is 9.18. The van der Waals surface area contributed by atoms with E-state index in [1.807, 2.05) is 30.0 Å². The number of fused-ring (bicyclic) bond motifs is 1. The second-order valence-electron chi connectivity index (χ2n) is 4.17. The highest BCUT2D eigenvalue weighted by Crippen LogP contribution is 2.32. The van der Waals surface area contributed by atoms with Crippen LogP contribution in [-0.2, 0) is 16.0 Å². The topological polar surface area (TPSA) is 46.5 Å². The molecule has 3 nitrogen and oxygen atoms in total. The highest BCUT2D eigenvalue weighted by Gasteiger charge is 2.21. The van der Waals surface area contributed by atoms with Crippen LogP contribution in [0.5, 0.6) is 0 Å². The summed E-state index contributed by atoms with van der Waals surface area (Å²) in [6.45, 7) is 0.223. The molecule has 1 N–H and O–H groups in total. The highest BCUT2D eigenvalue weighted by atomic mass is 32.2. The van der Waals surface area contributed by atoms with E-state index in [4.69, 9.17) is 4.74 Å². The number of hydrogen-bond donors (Lipinski definition) is 1. The number of thioether (sulfide) groups is 1. The predicted molar refractivity (Wildman–Crippen MR) is 67.7 cm³/mol. The van der Waals surface area contributed by atoms with Crippen molar-refractivity contribution >= 4 is 17.7 Å². The Labute approximate surface area is 105 Å². The maximum atomic E-state index is 11.2. The van der Waals surface area contributed by atoms with E-state index in [0.717, 1.165) is 17.7 Å². The Kier molecular flexibility index (Phi) is 4.07. The molecule has 0 fully saturated rings. The van der Waals surface area contributed by atoms with Crippen LogP contribution in [0.15, 0.2) is 23.1 Å². The fourth-order valence-electron chi connectivity index (χ4n) is 2.07. The van der Waals surface area contributed by atoms with E-state index in [-0.39, 0.29) is 6.61 Å². The number of aryl methyl sites for hydroxylation is 1. The summed E-state index contributed by atoms with van der Waals surface area (Å²) in [5.41, 5.74) is 2.13. The fraction of sp³-hybridized carbons (Fsp3) is 0.462. The largest absolute Gasteiger partial charge is 0.481 e. The molecule has 0 bridgehead atoms. The monoisotopic (exact) mass is 252 g/mol. The van der Waals surface area contributed by atoms with Crippen molar-refractivity contribution in [3.8, 4) is 0 Å². The van der Waals surface area contributed by atoms with Gasteiger partial charge in [0.25, 0.3) is 0 Å². The first-order valence-electron chi connectivity index (χ1n) is 5.69. The zero-order valence-corrected chi connectivity index (χ0v) is 10.6. The minimum Gasteiger partial charge on any atom is -0.481 e. The maximum absolute atomic E-state index is 11.2. The molecule has 1 unspecified atom stereocenters. The molecule has 1 aliphatic heterocycles. The Hall–Kier alpha value is -1.00. The van der Waals surface area contributed by atoms with Crippen LogP contribution >= 0.6 is 11.8 Å². The van der Waals surface area contributed by atoms with Gasteiger partial charge in [-0.05, 0) is 35.8 Å². The van der Waals surface area contributed by atoms with Crippen LogP contribution in [0.2, 0.25) is 0 Å². The zero-order valence-electron chi connectivity index (χ0n) is 9.81. The van der Waals surface area contributed by atoms with Gasteiger partial charge in [0.15, 0.2) is 0 Å². The second-order valence-corrected chi connectivity index (χ2v) is 5.30. The van der Waals surface area contributed by atoms with Crippen molar-refractivity contribution < 1.29 is 14.6 Å². The van der Waals surface area contributed by atoms with Crippen molar-refractivity contribution in [1.29, 1.82) is 0 Å². The lowest BCUT2D eigenvalue weighted by molar-refractivity contribution is -0.140. The number of aliphatic carboxylic acids is 1. The molecule has 1 aromatic carbocycles. The number of hydrogen-bond acceptors (Lipinski definition) is 3. The first-order chi connectivity index (χ1) is 8.22. The number of rotatable bonds is 4. The Morgan fingerprint density at radius 2 is 2.41 bits per heavy atom. The van der Waals surface area contributed by atoms with Gasteiger partial charge in [0.05, 0.1) is 6.61 Å². The number of carboxylic acids is 1. The van der Waals surface area contributed by atoms with Gasteiger partial charge in [0.2, 0.25) is 0 Å². The molecule has 1 heterocycles. The van der Waals surface area contributed by atoms with Crippen LogP contribution < -0.4 is 0 Å². The van der Waals surface area contributed by atoms with E-state index in [1.54, 1.807) is 0 Å². The summed E-state index contributed by atoms with van der Waals surface area (Å²) in [6, 6.07) is 5.98. The maximum Gasteiger partial charge on any atom is 0.313 e. The third-order valence-electron chi connectivity index (χ3n) is 2.97.